The van der Waals surface area contributed by atoms with Gasteiger partial charge in [-0.25, -0.2) is 0 Å². The Labute approximate surface area is 135 Å². The minimum atomic E-state index is -4.41. The van der Waals surface area contributed by atoms with Crippen molar-refractivity contribution >= 4 is 0 Å². The monoisotopic (exact) mass is 331 g/mol. The van der Waals surface area contributed by atoms with E-state index in [9.17, 15) is 18.3 Å². The Hall–Kier alpha value is -1.27. The van der Waals surface area contributed by atoms with E-state index in [1.165, 1.54) is 12.1 Å². The lowest BCUT2D eigenvalue weighted by Gasteiger charge is -2.26. The van der Waals surface area contributed by atoms with Crippen molar-refractivity contribution in [2.45, 2.75) is 32.4 Å². The van der Waals surface area contributed by atoms with E-state index in [0.29, 0.717) is 6.54 Å². The number of hydrogen-bond donors (Lipinski definition) is 1. The SMILES string of the molecule is CCCC1(CO)CCN(CCOc2ccccc2C(F)(F)F)C1. The molecule has 0 saturated carbocycles. The zero-order chi connectivity index (χ0) is 16.9. The Morgan fingerprint density at radius 1 is 1.30 bits per heavy atom. The highest BCUT2D eigenvalue weighted by Crippen LogP contribution is 2.36. The van der Waals surface area contributed by atoms with E-state index in [4.69, 9.17) is 4.74 Å². The molecule has 0 radical (unpaired) electrons. The fourth-order valence-corrected chi connectivity index (χ4v) is 3.27. The third kappa shape index (κ3) is 4.61. The number of alkyl halides is 3. The summed E-state index contributed by atoms with van der Waals surface area (Å²) in [5.74, 6) is -0.124. The molecule has 1 unspecified atom stereocenters. The number of likely N-dealkylation sites (tertiary alicyclic amines) is 1. The van der Waals surface area contributed by atoms with E-state index in [2.05, 4.69) is 11.8 Å². The average molecular weight is 331 g/mol. The van der Waals surface area contributed by atoms with Gasteiger partial charge >= 0.3 is 6.18 Å². The van der Waals surface area contributed by atoms with Crippen LogP contribution in [-0.4, -0.2) is 42.9 Å². The number of ether oxygens (including phenoxy) is 1. The highest BCUT2D eigenvalue weighted by atomic mass is 19.4. The summed E-state index contributed by atoms with van der Waals surface area (Å²) in [5.41, 5.74) is -0.796. The van der Waals surface area contributed by atoms with Crippen molar-refractivity contribution in [1.29, 1.82) is 0 Å². The lowest BCUT2D eigenvalue weighted by molar-refractivity contribution is -0.139. The van der Waals surface area contributed by atoms with Crippen LogP contribution >= 0.6 is 0 Å². The van der Waals surface area contributed by atoms with Gasteiger partial charge in [-0.05, 0) is 31.5 Å². The zero-order valence-corrected chi connectivity index (χ0v) is 13.4. The van der Waals surface area contributed by atoms with Crippen LogP contribution in [0, 0.1) is 5.41 Å². The molecule has 0 aliphatic carbocycles. The summed E-state index contributed by atoms with van der Waals surface area (Å²) in [4.78, 5) is 2.15. The Morgan fingerprint density at radius 2 is 2.04 bits per heavy atom. The first-order valence-corrected chi connectivity index (χ1v) is 8.02. The lowest BCUT2D eigenvalue weighted by atomic mass is 9.83. The van der Waals surface area contributed by atoms with Gasteiger partial charge in [-0.15, -0.1) is 0 Å². The molecule has 1 aliphatic rings. The first-order chi connectivity index (χ1) is 10.9. The number of hydrogen-bond acceptors (Lipinski definition) is 3. The second-order valence-corrected chi connectivity index (χ2v) is 6.28. The van der Waals surface area contributed by atoms with Gasteiger partial charge in [0, 0.05) is 25.1 Å². The van der Waals surface area contributed by atoms with Gasteiger partial charge in [0.15, 0.2) is 0 Å². The largest absolute Gasteiger partial charge is 0.492 e. The van der Waals surface area contributed by atoms with Gasteiger partial charge in [-0.1, -0.05) is 25.5 Å². The van der Waals surface area contributed by atoms with Crippen LogP contribution in [0.4, 0.5) is 13.2 Å². The highest BCUT2D eigenvalue weighted by Gasteiger charge is 2.37. The van der Waals surface area contributed by atoms with Gasteiger partial charge in [0.05, 0.1) is 5.56 Å². The summed E-state index contributed by atoms with van der Waals surface area (Å²) in [6.45, 7) is 4.66. The fraction of sp³-hybridized carbons (Fsp3) is 0.647. The molecular weight excluding hydrogens is 307 g/mol. The Morgan fingerprint density at radius 3 is 2.70 bits per heavy atom. The minimum Gasteiger partial charge on any atom is -0.492 e. The van der Waals surface area contributed by atoms with E-state index in [0.717, 1.165) is 38.4 Å². The van der Waals surface area contributed by atoms with Crippen molar-refractivity contribution in [3.8, 4) is 5.75 Å². The number of benzene rings is 1. The number of rotatable bonds is 7. The minimum absolute atomic E-state index is 0.0569. The molecule has 1 heterocycles. The van der Waals surface area contributed by atoms with E-state index < -0.39 is 11.7 Å². The van der Waals surface area contributed by atoms with Crippen LogP contribution in [0.1, 0.15) is 31.7 Å². The maximum absolute atomic E-state index is 12.9. The molecule has 1 saturated heterocycles. The Kier molecular flexibility index (Phi) is 5.92. The van der Waals surface area contributed by atoms with E-state index >= 15 is 0 Å². The molecule has 2 rings (SSSR count). The second-order valence-electron chi connectivity index (χ2n) is 6.28. The van der Waals surface area contributed by atoms with Crippen LogP contribution in [0.2, 0.25) is 0 Å². The van der Waals surface area contributed by atoms with Crippen LogP contribution in [0.15, 0.2) is 24.3 Å². The molecule has 1 N–H and O–H groups in total. The van der Waals surface area contributed by atoms with Crippen molar-refractivity contribution in [3.63, 3.8) is 0 Å². The summed E-state index contributed by atoms with van der Waals surface area (Å²) < 4.78 is 44.0. The second kappa shape index (κ2) is 7.53. The Bertz CT molecular complexity index is 507. The summed E-state index contributed by atoms with van der Waals surface area (Å²) in [5, 5.41) is 9.61. The molecular formula is C17H24F3NO2. The van der Waals surface area contributed by atoms with Gasteiger partial charge in [0.2, 0.25) is 0 Å². The van der Waals surface area contributed by atoms with Gasteiger partial charge in [-0.2, -0.15) is 13.2 Å². The molecule has 6 heteroatoms. The van der Waals surface area contributed by atoms with Crippen molar-refractivity contribution in [2.75, 3.05) is 32.8 Å². The van der Waals surface area contributed by atoms with Gasteiger partial charge < -0.3 is 9.84 Å². The van der Waals surface area contributed by atoms with Crippen molar-refractivity contribution in [3.05, 3.63) is 29.8 Å². The molecule has 0 aromatic heterocycles. The molecule has 1 atom stereocenters. The van der Waals surface area contributed by atoms with Crippen molar-refractivity contribution < 1.29 is 23.0 Å². The summed E-state index contributed by atoms with van der Waals surface area (Å²) in [6, 6.07) is 5.28. The fourth-order valence-electron chi connectivity index (χ4n) is 3.27. The number of nitrogens with zero attached hydrogens (tertiary/aromatic N) is 1. The average Bonchev–Trinajstić information content (AvgIpc) is 2.91. The summed E-state index contributed by atoms with van der Waals surface area (Å²) >= 11 is 0. The zero-order valence-electron chi connectivity index (χ0n) is 13.4. The number of aliphatic hydroxyl groups is 1. The molecule has 1 aromatic rings. The number of aliphatic hydroxyl groups excluding tert-OH is 1. The smallest absolute Gasteiger partial charge is 0.419 e. The van der Waals surface area contributed by atoms with Crippen LogP contribution in [0.3, 0.4) is 0 Å². The third-order valence-corrected chi connectivity index (χ3v) is 4.49. The van der Waals surface area contributed by atoms with Gasteiger partial charge in [0.25, 0.3) is 0 Å². The molecule has 0 amide bonds. The molecule has 23 heavy (non-hydrogen) atoms. The van der Waals surface area contributed by atoms with Gasteiger partial charge in [0.1, 0.15) is 12.4 Å². The van der Waals surface area contributed by atoms with E-state index in [-0.39, 0.29) is 24.4 Å². The predicted molar refractivity (Wildman–Crippen MR) is 82.4 cm³/mol. The van der Waals surface area contributed by atoms with E-state index in [1.807, 2.05) is 0 Å². The molecule has 1 aliphatic heterocycles. The standard InChI is InChI=1S/C17H24F3NO2/c1-2-7-16(13-22)8-9-21(12-16)10-11-23-15-6-4-3-5-14(15)17(18,19)20/h3-6,22H,2,7-13H2,1H3. The molecule has 3 nitrogen and oxygen atoms in total. The molecule has 0 spiro atoms. The van der Waals surface area contributed by atoms with Gasteiger partial charge in [-0.3, -0.25) is 4.90 Å². The maximum Gasteiger partial charge on any atom is 0.419 e. The van der Waals surface area contributed by atoms with Crippen LogP contribution in [-0.2, 0) is 6.18 Å². The topological polar surface area (TPSA) is 32.7 Å². The summed E-state index contributed by atoms with van der Waals surface area (Å²) in [6.07, 6.45) is -1.49. The summed E-state index contributed by atoms with van der Waals surface area (Å²) in [7, 11) is 0. The quantitative estimate of drug-likeness (QED) is 0.829. The van der Waals surface area contributed by atoms with Crippen molar-refractivity contribution in [2.24, 2.45) is 5.41 Å². The molecule has 130 valence electrons. The first kappa shape index (κ1) is 18.1. The Balaban J connectivity index is 1.87. The maximum atomic E-state index is 12.9. The lowest BCUT2D eigenvalue weighted by Crippen LogP contribution is -2.32. The molecule has 0 bridgehead atoms. The van der Waals surface area contributed by atoms with E-state index in [1.54, 1.807) is 6.07 Å². The van der Waals surface area contributed by atoms with Crippen LogP contribution < -0.4 is 4.74 Å². The van der Waals surface area contributed by atoms with Crippen molar-refractivity contribution in [1.82, 2.24) is 4.90 Å². The number of halogens is 3. The normalized spacial score (nSPS) is 22.5. The van der Waals surface area contributed by atoms with Crippen LogP contribution in [0.25, 0.3) is 0 Å². The van der Waals surface area contributed by atoms with Crippen LogP contribution in [0.5, 0.6) is 5.75 Å². The number of para-hydroxylation sites is 1. The molecule has 1 fully saturated rings. The third-order valence-electron chi connectivity index (χ3n) is 4.49. The predicted octanol–water partition coefficient (Wildman–Crippen LogP) is 3.57. The highest BCUT2D eigenvalue weighted by molar-refractivity contribution is 5.35. The first-order valence-electron chi connectivity index (χ1n) is 8.02. The molecule has 1 aromatic carbocycles.